The van der Waals surface area contributed by atoms with Crippen molar-refractivity contribution in [2.75, 3.05) is 14.1 Å². The lowest BCUT2D eigenvalue weighted by atomic mass is 9.85. The van der Waals surface area contributed by atoms with Crippen molar-refractivity contribution in [1.82, 2.24) is 15.1 Å². The van der Waals surface area contributed by atoms with Gasteiger partial charge in [-0.25, -0.2) is 9.59 Å². The number of carbonyl (C=O) groups excluding carboxylic acids is 3. The number of hydrogen-bond acceptors (Lipinski definition) is 4. The summed E-state index contributed by atoms with van der Waals surface area (Å²) in [5.41, 5.74) is -0.599. The van der Waals surface area contributed by atoms with Crippen molar-refractivity contribution in [3.8, 4) is 0 Å². The van der Waals surface area contributed by atoms with Crippen LogP contribution in [-0.2, 0) is 9.53 Å². The number of piperidine rings is 1. The number of rotatable bonds is 3. The van der Waals surface area contributed by atoms with E-state index < -0.39 is 17.7 Å². The number of alkyl carbamates (subject to hydrolysis) is 1. The molecule has 24 heavy (non-hydrogen) atoms. The monoisotopic (exact) mass is 339 g/mol. The Balaban J connectivity index is 2.00. The Hall–Kier alpha value is -1.79. The minimum Gasteiger partial charge on any atom is -0.444 e. The van der Waals surface area contributed by atoms with Crippen molar-refractivity contribution in [1.29, 1.82) is 0 Å². The van der Waals surface area contributed by atoms with E-state index in [0.717, 1.165) is 32.0 Å². The Bertz CT molecular complexity index is 487. The second kappa shape index (κ2) is 6.99. The van der Waals surface area contributed by atoms with E-state index in [9.17, 15) is 14.4 Å². The third-order valence-electron chi connectivity index (χ3n) is 4.71. The molecule has 0 aliphatic carbocycles. The molecule has 0 aromatic heterocycles. The van der Waals surface area contributed by atoms with Crippen LogP contribution in [0.15, 0.2) is 0 Å². The van der Waals surface area contributed by atoms with Gasteiger partial charge in [-0.2, -0.15) is 0 Å². The lowest BCUT2D eigenvalue weighted by Crippen LogP contribution is -2.54. The quantitative estimate of drug-likeness (QED) is 0.798. The molecule has 7 nitrogen and oxygen atoms in total. The average Bonchev–Trinajstić information content (AvgIpc) is 2.71. The molecule has 0 spiro atoms. The minimum atomic E-state index is -0.599. The summed E-state index contributed by atoms with van der Waals surface area (Å²) < 4.78 is 5.24. The van der Waals surface area contributed by atoms with Crippen LogP contribution in [0.3, 0.4) is 0 Å². The van der Waals surface area contributed by atoms with Crippen LogP contribution in [0.4, 0.5) is 9.59 Å². The Morgan fingerprint density at radius 2 is 1.75 bits per heavy atom. The van der Waals surface area contributed by atoms with E-state index in [1.54, 1.807) is 39.8 Å². The number of urea groups is 1. The van der Waals surface area contributed by atoms with Gasteiger partial charge >= 0.3 is 12.1 Å². The largest absolute Gasteiger partial charge is 0.444 e. The molecule has 0 aromatic rings. The summed E-state index contributed by atoms with van der Waals surface area (Å²) in [6, 6.07) is -0.249. The van der Waals surface area contributed by atoms with Gasteiger partial charge in [0.2, 0.25) is 0 Å². The maximum absolute atomic E-state index is 12.3. The number of aldehydes is 1. The highest BCUT2D eigenvalue weighted by Gasteiger charge is 2.45. The van der Waals surface area contributed by atoms with Gasteiger partial charge in [-0.3, -0.25) is 0 Å². The number of nitrogens with one attached hydrogen (secondary N) is 1. The molecule has 1 N–H and O–H groups in total. The van der Waals surface area contributed by atoms with Crippen molar-refractivity contribution in [3.63, 3.8) is 0 Å². The van der Waals surface area contributed by atoms with E-state index in [4.69, 9.17) is 4.74 Å². The molecular formula is C17H29N3O4. The van der Waals surface area contributed by atoms with Gasteiger partial charge in [-0.15, -0.1) is 0 Å². The Morgan fingerprint density at radius 3 is 2.17 bits per heavy atom. The highest BCUT2D eigenvalue weighted by molar-refractivity contribution is 5.76. The molecule has 0 radical (unpaired) electrons. The molecule has 2 heterocycles. The zero-order chi connectivity index (χ0) is 18.1. The SMILES string of the molecule is CN(C)C(=O)N1C2CCC1CC([C@@H](C=O)NC(=O)OC(C)(C)C)C2. The van der Waals surface area contributed by atoms with Gasteiger partial charge in [0.1, 0.15) is 11.9 Å². The number of carbonyl (C=O) groups is 3. The zero-order valence-electron chi connectivity index (χ0n) is 15.2. The van der Waals surface area contributed by atoms with Gasteiger partial charge in [0.15, 0.2) is 0 Å². The first kappa shape index (κ1) is 18.5. The van der Waals surface area contributed by atoms with Gasteiger partial charge in [0.05, 0.1) is 6.04 Å². The number of nitrogens with zero attached hydrogens (tertiary/aromatic N) is 2. The average molecular weight is 339 g/mol. The van der Waals surface area contributed by atoms with Crippen molar-refractivity contribution in [2.24, 2.45) is 5.92 Å². The topological polar surface area (TPSA) is 79.0 Å². The first-order valence-electron chi connectivity index (χ1n) is 8.57. The zero-order valence-corrected chi connectivity index (χ0v) is 15.2. The van der Waals surface area contributed by atoms with Crippen molar-refractivity contribution in [2.45, 2.75) is 70.2 Å². The number of hydrogen-bond donors (Lipinski definition) is 1. The summed E-state index contributed by atoms with van der Waals surface area (Å²) in [5.74, 6) is 0.0405. The molecule has 3 amide bonds. The van der Waals surface area contributed by atoms with Gasteiger partial charge in [0.25, 0.3) is 0 Å². The summed E-state index contributed by atoms with van der Waals surface area (Å²) in [7, 11) is 3.51. The smallest absolute Gasteiger partial charge is 0.408 e. The van der Waals surface area contributed by atoms with E-state index in [2.05, 4.69) is 5.32 Å². The second-order valence-corrected chi connectivity index (χ2v) is 8.01. The molecule has 2 bridgehead atoms. The minimum absolute atomic E-state index is 0.0312. The number of fused-ring (bicyclic) bond motifs is 2. The molecular weight excluding hydrogens is 310 g/mol. The first-order valence-corrected chi connectivity index (χ1v) is 8.57. The van der Waals surface area contributed by atoms with Gasteiger partial charge in [-0.1, -0.05) is 0 Å². The summed E-state index contributed by atoms with van der Waals surface area (Å²) in [4.78, 5) is 39.3. The predicted octanol–water partition coefficient (Wildman–Crippen LogP) is 2.00. The van der Waals surface area contributed by atoms with Crippen LogP contribution in [0, 0.1) is 5.92 Å². The van der Waals surface area contributed by atoms with Gasteiger partial charge in [0, 0.05) is 26.2 Å². The molecule has 2 saturated heterocycles. The third-order valence-corrected chi connectivity index (χ3v) is 4.71. The summed E-state index contributed by atoms with van der Waals surface area (Å²) in [6.45, 7) is 5.36. The Kier molecular flexibility index (Phi) is 5.40. The lowest BCUT2D eigenvalue weighted by molar-refractivity contribution is -0.111. The van der Waals surface area contributed by atoms with Gasteiger partial charge < -0.3 is 24.6 Å². The Morgan fingerprint density at radius 1 is 1.21 bits per heavy atom. The fraction of sp³-hybridized carbons (Fsp3) is 0.824. The molecule has 3 atom stereocenters. The van der Waals surface area contributed by atoms with Crippen molar-refractivity contribution < 1.29 is 19.1 Å². The molecule has 0 aromatic carbocycles. The maximum Gasteiger partial charge on any atom is 0.408 e. The van der Waals surface area contributed by atoms with Crippen LogP contribution in [0.1, 0.15) is 46.5 Å². The fourth-order valence-electron chi connectivity index (χ4n) is 3.76. The van der Waals surface area contributed by atoms with Crippen LogP contribution in [0.2, 0.25) is 0 Å². The molecule has 136 valence electrons. The normalized spacial score (nSPS) is 27.4. The van der Waals surface area contributed by atoms with Crippen LogP contribution in [0.25, 0.3) is 0 Å². The maximum atomic E-state index is 12.3. The highest BCUT2D eigenvalue weighted by atomic mass is 16.6. The first-order chi connectivity index (χ1) is 11.1. The van der Waals surface area contributed by atoms with Crippen LogP contribution < -0.4 is 5.32 Å². The molecule has 2 fully saturated rings. The summed E-state index contributed by atoms with van der Waals surface area (Å²) >= 11 is 0. The third kappa shape index (κ3) is 4.19. The number of ether oxygens (including phenoxy) is 1. The van der Waals surface area contributed by atoms with E-state index in [-0.39, 0.29) is 24.0 Å². The molecule has 2 aliphatic rings. The fourth-order valence-corrected chi connectivity index (χ4v) is 3.76. The molecule has 2 aliphatic heterocycles. The van der Waals surface area contributed by atoms with E-state index in [1.165, 1.54) is 0 Å². The second-order valence-electron chi connectivity index (χ2n) is 8.01. The van der Waals surface area contributed by atoms with Gasteiger partial charge in [-0.05, 0) is 52.4 Å². The molecule has 0 saturated carbocycles. The van der Waals surface area contributed by atoms with Crippen LogP contribution in [0.5, 0.6) is 0 Å². The summed E-state index contributed by atoms with van der Waals surface area (Å²) in [5, 5.41) is 2.69. The van der Waals surface area contributed by atoms with Crippen molar-refractivity contribution >= 4 is 18.4 Å². The van der Waals surface area contributed by atoms with E-state index >= 15 is 0 Å². The van der Waals surface area contributed by atoms with E-state index in [0.29, 0.717) is 0 Å². The van der Waals surface area contributed by atoms with Crippen molar-refractivity contribution in [3.05, 3.63) is 0 Å². The van der Waals surface area contributed by atoms with E-state index in [1.807, 2.05) is 4.90 Å². The highest BCUT2D eigenvalue weighted by Crippen LogP contribution is 2.40. The number of amides is 3. The van der Waals surface area contributed by atoms with Crippen LogP contribution >= 0.6 is 0 Å². The Labute approximate surface area is 143 Å². The predicted molar refractivity (Wildman–Crippen MR) is 89.7 cm³/mol. The summed E-state index contributed by atoms with van der Waals surface area (Å²) in [6.07, 6.45) is 3.60. The molecule has 2 rings (SSSR count). The lowest BCUT2D eigenvalue weighted by Gasteiger charge is -2.41. The van der Waals surface area contributed by atoms with Crippen LogP contribution in [-0.4, -0.2) is 66.0 Å². The molecule has 7 heteroatoms. The standard InChI is InChI=1S/C17H29N3O4/c1-17(2,3)24-15(22)18-14(10-21)11-8-12-6-7-13(9-11)20(12)16(23)19(4)5/h10-14H,6-9H2,1-5H3,(H,18,22)/t11?,12?,13?,14-/m1/s1. The molecule has 2 unspecified atom stereocenters.